The van der Waals surface area contributed by atoms with Crippen LogP contribution in [-0.4, -0.2) is 48.6 Å². The molecular formula is C12H13BrN2O3S. The minimum absolute atomic E-state index is 0.0140. The fraction of sp³-hybridized carbons (Fsp3) is 0.500. The summed E-state index contributed by atoms with van der Waals surface area (Å²) in [6.07, 6.45) is 0.799. The Labute approximate surface area is 123 Å². The molecule has 0 spiro atoms. The lowest BCUT2D eigenvalue weighted by atomic mass is 10.0. The lowest BCUT2D eigenvalue weighted by Gasteiger charge is -2.40. The van der Waals surface area contributed by atoms with Crippen molar-refractivity contribution in [2.75, 3.05) is 19.7 Å². The minimum Gasteiger partial charge on any atom is -0.366 e. The number of nitrogens with zero attached hydrogens (tertiary/aromatic N) is 1. The van der Waals surface area contributed by atoms with Crippen molar-refractivity contribution in [2.24, 2.45) is 0 Å². The maximum Gasteiger partial charge on any atom is 0.265 e. The average molecular weight is 345 g/mol. The van der Waals surface area contributed by atoms with Crippen molar-refractivity contribution in [3.8, 4) is 0 Å². The van der Waals surface area contributed by atoms with Crippen molar-refractivity contribution in [1.29, 1.82) is 0 Å². The Hall–Kier alpha value is -0.920. The zero-order chi connectivity index (χ0) is 13.4. The number of piperidine rings is 1. The zero-order valence-electron chi connectivity index (χ0n) is 10.1. The van der Waals surface area contributed by atoms with Crippen molar-refractivity contribution in [1.82, 2.24) is 10.2 Å². The van der Waals surface area contributed by atoms with Crippen LogP contribution >= 0.6 is 27.3 Å². The number of nitrogens with one attached hydrogen (secondary N) is 1. The molecule has 2 saturated heterocycles. The first-order valence-corrected chi connectivity index (χ1v) is 7.75. The number of thiophene rings is 1. The molecule has 0 unspecified atom stereocenters. The zero-order valence-corrected chi connectivity index (χ0v) is 12.5. The molecule has 2 amide bonds. The van der Waals surface area contributed by atoms with Gasteiger partial charge in [0, 0.05) is 17.6 Å². The summed E-state index contributed by atoms with van der Waals surface area (Å²) in [4.78, 5) is 26.2. The van der Waals surface area contributed by atoms with E-state index in [-0.39, 0.29) is 30.6 Å². The van der Waals surface area contributed by atoms with Crippen LogP contribution in [-0.2, 0) is 9.53 Å². The van der Waals surface area contributed by atoms with Crippen LogP contribution in [0.5, 0.6) is 0 Å². The molecule has 2 fully saturated rings. The summed E-state index contributed by atoms with van der Waals surface area (Å²) in [5, 5.41) is 4.78. The second-order valence-corrected chi connectivity index (χ2v) is 6.43. The summed E-state index contributed by atoms with van der Waals surface area (Å²) in [6, 6.07) is 1.79. The predicted octanol–water partition coefficient (Wildman–Crippen LogP) is 1.24. The molecule has 7 heteroatoms. The molecule has 0 saturated carbocycles. The molecule has 3 rings (SSSR count). The number of fused-ring (bicyclic) bond motifs is 1. The van der Waals surface area contributed by atoms with Gasteiger partial charge in [0.05, 0.1) is 12.1 Å². The van der Waals surface area contributed by atoms with Crippen LogP contribution < -0.4 is 5.32 Å². The molecule has 2 atom stereocenters. The SMILES string of the molecule is O=C1CO[C@@H]2CCN(C(=O)c3sccc3Br)C[C@@H]2N1. The van der Waals surface area contributed by atoms with Crippen LogP contribution in [0.1, 0.15) is 16.1 Å². The summed E-state index contributed by atoms with van der Waals surface area (Å²) < 4.78 is 6.31. The summed E-state index contributed by atoms with van der Waals surface area (Å²) in [7, 11) is 0. The van der Waals surface area contributed by atoms with Crippen molar-refractivity contribution in [3.05, 3.63) is 20.8 Å². The number of likely N-dealkylation sites (tertiary alicyclic amines) is 1. The Kier molecular flexibility index (Phi) is 3.60. The van der Waals surface area contributed by atoms with Gasteiger partial charge in [0.2, 0.25) is 5.91 Å². The van der Waals surface area contributed by atoms with E-state index >= 15 is 0 Å². The van der Waals surface area contributed by atoms with Crippen LogP contribution in [0.4, 0.5) is 0 Å². The normalized spacial score (nSPS) is 26.8. The number of carbonyl (C=O) groups is 2. The van der Waals surface area contributed by atoms with Crippen molar-refractivity contribution >= 4 is 39.1 Å². The van der Waals surface area contributed by atoms with Crippen molar-refractivity contribution in [2.45, 2.75) is 18.6 Å². The van der Waals surface area contributed by atoms with E-state index in [4.69, 9.17) is 4.74 Å². The maximum atomic E-state index is 12.4. The van der Waals surface area contributed by atoms with E-state index in [1.165, 1.54) is 11.3 Å². The fourth-order valence-electron chi connectivity index (χ4n) is 2.47. The van der Waals surface area contributed by atoms with Gasteiger partial charge < -0.3 is 15.0 Å². The quantitative estimate of drug-likeness (QED) is 0.833. The molecule has 19 heavy (non-hydrogen) atoms. The first kappa shape index (κ1) is 13.1. The molecule has 5 nitrogen and oxygen atoms in total. The van der Waals surface area contributed by atoms with E-state index in [1.54, 1.807) is 4.90 Å². The molecule has 1 aromatic rings. The van der Waals surface area contributed by atoms with Gasteiger partial charge in [-0.05, 0) is 33.8 Å². The largest absolute Gasteiger partial charge is 0.366 e. The molecule has 2 aliphatic heterocycles. The predicted molar refractivity (Wildman–Crippen MR) is 74.2 cm³/mol. The van der Waals surface area contributed by atoms with Gasteiger partial charge in [0.15, 0.2) is 0 Å². The summed E-state index contributed by atoms with van der Waals surface area (Å²) >= 11 is 4.80. The fourth-order valence-corrected chi connectivity index (χ4v) is 3.98. The number of ether oxygens (including phenoxy) is 1. The molecule has 102 valence electrons. The Morgan fingerprint density at radius 2 is 2.42 bits per heavy atom. The summed E-state index contributed by atoms with van der Waals surface area (Å²) in [5.74, 6) is -0.0898. The van der Waals surface area contributed by atoms with Crippen molar-refractivity contribution in [3.63, 3.8) is 0 Å². The van der Waals surface area contributed by atoms with E-state index in [0.29, 0.717) is 18.0 Å². The van der Waals surface area contributed by atoms with E-state index in [1.807, 2.05) is 11.4 Å². The molecule has 1 aromatic heterocycles. The van der Waals surface area contributed by atoms with Gasteiger partial charge in [-0.3, -0.25) is 9.59 Å². The van der Waals surface area contributed by atoms with Gasteiger partial charge in [-0.1, -0.05) is 0 Å². The second-order valence-electron chi connectivity index (χ2n) is 4.66. The number of hydrogen-bond donors (Lipinski definition) is 1. The summed E-state index contributed by atoms with van der Waals surface area (Å²) in [5.41, 5.74) is 0. The first-order chi connectivity index (χ1) is 9.15. The molecule has 1 N–H and O–H groups in total. The van der Waals surface area contributed by atoms with Crippen LogP contribution in [0, 0.1) is 0 Å². The molecule has 0 aromatic carbocycles. The minimum atomic E-state index is -0.104. The molecule has 0 radical (unpaired) electrons. The van der Waals surface area contributed by atoms with Gasteiger partial charge in [-0.25, -0.2) is 0 Å². The lowest BCUT2D eigenvalue weighted by molar-refractivity contribution is -0.139. The van der Waals surface area contributed by atoms with Crippen molar-refractivity contribution < 1.29 is 14.3 Å². The van der Waals surface area contributed by atoms with Crippen LogP contribution in [0.3, 0.4) is 0 Å². The van der Waals surface area contributed by atoms with Crippen LogP contribution in [0.15, 0.2) is 15.9 Å². The Bertz CT molecular complexity index is 519. The average Bonchev–Trinajstić information content (AvgIpc) is 2.83. The second kappa shape index (κ2) is 5.22. The molecule has 0 bridgehead atoms. The molecular weight excluding hydrogens is 332 g/mol. The highest BCUT2D eigenvalue weighted by atomic mass is 79.9. The Balaban J connectivity index is 1.72. The lowest BCUT2D eigenvalue weighted by Crippen LogP contribution is -2.61. The van der Waals surface area contributed by atoms with Gasteiger partial charge in [-0.15, -0.1) is 11.3 Å². The van der Waals surface area contributed by atoms with E-state index < -0.39 is 0 Å². The maximum absolute atomic E-state index is 12.4. The number of halogens is 1. The highest BCUT2D eigenvalue weighted by molar-refractivity contribution is 9.10. The third kappa shape index (κ3) is 2.54. The summed E-state index contributed by atoms with van der Waals surface area (Å²) in [6.45, 7) is 1.31. The molecule has 3 heterocycles. The third-order valence-electron chi connectivity index (χ3n) is 3.42. The first-order valence-electron chi connectivity index (χ1n) is 6.08. The standard InChI is InChI=1S/C12H13BrN2O3S/c13-7-2-4-19-11(7)12(17)15-3-1-9-8(5-15)14-10(16)6-18-9/h2,4,8-9H,1,3,5-6H2,(H,14,16)/t8-,9+/m0/s1. The van der Waals surface area contributed by atoms with Crippen LogP contribution in [0.2, 0.25) is 0 Å². The highest BCUT2D eigenvalue weighted by Crippen LogP contribution is 2.26. The Morgan fingerprint density at radius 1 is 1.58 bits per heavy atom. The van der Waals surface area contributed by atoms with Gasteiger partial charge in [0.1, 0.15) is 11.5 Å². The monoisotopic (exact) mass is 344 g/mol. The number of rotatable bonds is 1. The topological polar surface area (TPSA) is 58.6 Å². The van der Waals surface area contributed by atoms with E-state index in [2.05, 4.69) is 21.2 Å². The van der Waals surface area contributed by atoms with E-state index in [9.17, 15) is 9.59 Å². The molecule has 2 aliphatic rings. The number of morpholine rings is 1. The van der Waals surface area contributed by atoms with E-state index in [0.717, 1.165) is 10.9 Å². The number of amides is 2. The Morgan fingerprint density at radius 3 is 3.16 bits per heavy atom. The molecule has 0 aliphatic carbocycles. The third-order valence-corrected chi connectivity index (χ3v) is 5.25. The number of hydrogen-bond acceptors (Lipinski definition) is 4. The van der Waals surface area contributed by atoms with Gasteiger partial charge in [-0.2, -0.15) is 0 Å². The smallest absolute Gasteiger partial charge is 0.265 e. The van der Waals surface area contributed by atoms with Gasteiger partial charge in [0.25, 0.3) is 5.91 Å². The van der Waals surface area contributed by atoms with Crippen LogP contribution in [0.25, 0.3) is 0 Å². The van der Waals surface area contributed by atoms with Gasteiger partial charge >= 0.3 is 0 Å². The highest BCUT2D eigenvalue weighted by Gasteiger charge is 2.36. The number of carbonyl (C=O) groups excluding carboxylic acids is 2.